The molecule has 1 amide bonds. The molecular weight excluding hydrogens is 498 g/mol. The number of benzene rings is 3. The van der Waals surface area contributed by atoms with Gasteiger partial charge in [0.05, 0.1) is 23.3 Å². The number of nitrogens with zero attached hydrogens (tertiary/aromatic N) is 2. The van der Waals surface area contributed by atoms with Gasteiger partial charge in [-0.15, -0.1) is 0 Å². The molecule has 1 aliphatic rings. The molecule has 0 atom stereocenters. The van der Waals surface area contributed by atoms with Crippen LogP contribution in [0.15, 0.2) is 66.7 Å². The van der Waals surface area contributed by atoms with Crippen LogP contribution in [0.25, 0.3) is 22.0 Å². The van der Waals surface area contributed by atoms with E-state index in [4.69, 9.17) is 9.84 Å². The highest BCUT2D eigenvalue weighted by atomic mass is 16.6. The van der Waals surface area contributed by atoms with Crippen molar-refractivity contribution in [1.29, 1.82) is 0 Å². The predicted molar refractivity (Wildman–Crippen MR) is 160 cm³/mol. The lowest BCUT2D eigenvalue weighted by Gasteiger charge is -2.20. The molecule has 3 aromatic carbocycles. The molecule has 1 N–H and O–H groups in total. The summed E-state index contributed by atoms with van der Waals surface area (Å²) in [6.45, 7) is 8.21. The van der Waals surface area contributed by atoms with Gasteiger partial charge in [-0.25, -0.2) is 4.79 Å². The molecule has 6 nitrogen and oxygen atoms in total. The van der Waals surface area contributed by atoms with E-state index in [-0.39, 0.29) is 17.9 Å². The van der Waals surface area contributed by atoms with Gasteiger partial charge in [0, 0.05) is 17.0 Å². The summed E-state index contributed by atoms with van der Waals surface area (Å²) in [7, 11) is 0. The van der Waals surface area contributed by atoms with Crippen LogP contribution < -0.4 is 5.32 Å². The summed E-state index contributed by atoms with van der Waals surface area (Å²) in [5.41, 5.74) is 5.49. The van der Waals surface area contributed by atoms with Crippen LogP contribution >= 0.6 is 0 Å². The monoisotopic (exact) mass is 537 g/mol. The number of aromatic nitrogens is 2. The van der Waals surface area contributed by atoms with Crippen LogP contribution in [-0.2, 0) is 11.3 Å². The molecule has 208 valence electrons. The normalized spacial score (nSPS) is 14.6. The lowest BCUT2D eigenvalue weighted by molar-refractivity contribution is 0.00703. The van der Waals surface area contributed by atoms with E-state index in [2.05, 4.69) is 17.4 Å². The maximum Gasteiger partial charge on any atom is 0.339 e. The summed E-state index contributed by atoms with van der Waals surface area (Å²) in [6, 6.07) is 21.9. The first kappa shape index (κ1) is 27.6. The Balaban J connectivity index is 1.32. The van der Waals surface area contributed by atoms with Gasteiger partial charge in [-0.05, 0) is 81.5 Å². The summed E-state index contributed by atoms with van der Waals surface area (Å²) in [6.07, 6.45) is 7.03. The third-order valence-electron chi connectivity index (χ3n) is 7.53. The molecule has 0 radical (unpaired) electrons. The number of amides is 1. The molecule has 0 bridgehead atoms. The zero-order valence-corrected chi connectivity index (χ0v) is 24.0. The molecule has 40 heavy (non-hydrogen) atoms. The number of aryl methyl sites for hydroxylation is 1. The van der Waals surface area contributed by atoms with Crippen molar-refractivity contribution in [2.75, 3.05) is 0 Å². The van der Waals surface area contributed by atoms with E-state index < -0.39 is 5.60 Å². The predicted octanol–water partition coefficient (Wildman–Crippen LogP) is 7.47. The summed E-state index contributed by atoms with van der Waals surface area (Å²) in [5, 5.41) is 9.04. The average Bonchev–Trinajstić information content (AvgIpc) is 3.06. The molecule has 6 heteroatoms. The lowest BCUT2D eigenvalue weighted by atomic mass is 9.98. The minimum atomic E-state index is -0.557. The van der Waals surface area contributed by atoms with Gasteiger partial charge >= 0.3 is 5.97 Å². The first-order valence-corrected chi connectivity index (χ1v) is 14.4. The minimum absolute atomic E-state index is 0.00296. The first-order valence-electron chi connectivity index (χ1n) is 14.4. The maximum absolute atomic E-state index is 13.0. The van der Waals surface area contributed by atoms with Gasteiger partial charge in [0.15, 0.2) is 0 Å². The van der Waals surface area contributed by atoms with E-state index >= 15 is 0 Å². The second-order valence-electron chi connectivity index (χ2n) is 11.9. The van der Waals surface area contributed by atoms with Gasteiger partial charge in [0.1, 0.15) is 5.60 Å². The summed E-state index contributed by atoms with van der Waals surface area (Å²) < 4.78 is 7.61. The van der Waals surface area contributed by atoms with Crippen molar-refractivity contribution < 1.29 is 14.3 Å². The number of rotatable bonds is 6. The Morgan fingerprint density at radius 2 is 1.65 bits per heavy atom. The Morgan fingerprint density at radius 1 is 0.950 bits per heavy atom. The molecule has 0 spiro atoms. The second-order valence-corrected chi connectivity index (χ2v) is 11.9. The van der Waals surface area contributed by atoms with Gasteiger partial charge < -0.3 is 10.1 Å². The van der Waals surface area contributed by atoms with Crippen molar-refractivity contribution in [2.24, 2.45) is 0 Å². The number of nitrogens with one attached hydrogen (secondary N) is 1. The summed E-state index contributed by atoms with van der Waals surface area (Å²) in [5.74, 6) is -0.323. The zero-order valence-electron chi connectivity index (χ0n) is 24.0. The van der Waals surface area contributed by atoms with Crippen molar-refractivity contribution in [3.05, 3.63) is 89.1 Å². The fourth-order valence-corrected chi connectivity index (χ4v) is 5.50. The fraction of sp³-hybridized carbons (Fsp3) is 0.382. The molecule has 1 aliphatic carbocycles. The lowest BCUT2D eigenvalue weighted by Crippen LogP contribution is -2.34. The number of esters is 1. The van der Waals surface area contributed by atoms with Crippen LogP contribution in [0, 0.1) is 6.92 Å². The van der Waals surface area contributed by atoms with Crippen LogP contribution in [0.1, 0.15) is 91.3 Å². The van der Waals surface area contributed by atoms with Crippen molar-refractivity contribution >= 4 is 22.8 Å². The van der Waals surface area contributed by atoms with E-state index in [0.29, 0.717) is 17.7 Å². The highest BCUT2D eigenvalue weighted by molar-refractivity contribution is 5.99. The molecule has 0 unspecified atom stereocenters. The van der Waals surface area contributed by atoms with Crippen molar-refractivity contribution in [2.45, 2.75) is 84.4 Å². The highest BCUT2D eigenvalue weighted by Gasteiger charge is 2.21. The number of carbonyl (C=O) groups is 2. The van der Waals surface area contributed by atoms with E-state index in [9.17, 15) is 9.59 Å². The highest BCUT2D eigenvalue weighted by Crippen LogP contribution is 2.27. The van der Waals surface area contributed by atoms with E-state index in [1.54, 1.807) is 6.07 Å². The maximum atomic E-state index is 13.0. The first-order chi connectivity index (χ1) is 19.2. The van der Waals surface area contributed by atoms with Crippen molar-refractivity contribution in [3.8, 4) is 11.1 Å². The molecule has 1 heterocycles. The molecule has 1 fully saturated rings. The third kappa shape index (κ3) is 6.44. The van der Waals surface area contributed by atoms with Gasteiger partial charge in [-0.1, -0.05) is 68.1 Å². The number of carbonyl (C=O) groups excluding carboxylic acids is 2. The van der Waals surface area contributed by atoms with Crippen LogP contribution in [0.3, 0.4) is 0 Å². The number of hydrogen-bond acceptors (Lipinski definition) is 4. The van der Waals surface area contributed by atoms with E-state index in [0.717, 1.165) is 46.1 Å². The minimum Gasteiger partial charge on any atom is -0.456 e. The zero-order chi connectivity index (χ0) is 28.3. The molecule has 4 aromatic rings. The van der Waals surface area contributed by atoms with Crippen LogP contribution in [0.2, 0.25) is 0 Å². The third-order valence-corrected chi connectivity index (χ3v) is 7.53. The molecule has 0 saturated heterocycles. The molecule has 1 saturated carbocycles. The summed E-state index contributed by atoms with van der Waals surface area (Å²) >= 11 is 0. The van der Waals surface area contributed by atoms with Crippen molar-refractivity contribution in [3.63, 3.8) is 0 Å². The second kappa shape index (κ2) is 11.7. The Hall–Kier alpha value is -3.93. The Labute approximate surface area is 236 Å². The van der Waals surface area contributed by atoms with Crippen LogP contribution in [-0.4, -0.2) is 33.3 Å². The van der Waals surface area contributed by atoms with Gasteiger partial charge in [0.2, 0.25) is 0 Å². The van der Waals surface area contributed by atoms with E-state index in [1.165, 1.54) is 25.7 Å². The molecule has 1 aromatic heterocycles. The number of ether oxygens (including phenoxy) is 1. The van der Waals surface area contributed by atoms with Gasteiger partial charge in [-0.3, -0.25) is 9.48 Å². The fourth-order valence-electron chi connectivity index (χ4n) is 5.50. The van der Waals surface area contributed by atoms with Crippen LogP contribution in [0.5, 0.6) is 0 Å². The van der Waals surface area contributed by atoms with E-state index in [1.807, 2.05) is 80.9 Å². The molecule has 5 rings (SSSR count). The Kier molecular flexibility index (Phi) is 8.06. The molecular formula is C34H39N3O3. The Morgan fingerprint density at radius 3 is 2.35 bits per heavy atom. The standard InChI is InChI=1S/C34H39N3O3/c1-23-30-21-26(32(38)35-27-11-7-5-6-8-12-27)19-20-31(30)37(36-23)22-24-15-17-25(18-16-24)28-13-9-10-14-29(28)33(39)40-34(2,3)4/h9-10,13-21,27H,5-8,11-12,22H2,1-4H3,(H,35,38). The average molecular weight is 538 g/mol. The van der Waals surface area contributed by atoms with Gasteiger partial charge in [0.25, 0.3) is 5.91 Å². The number of fused-ring (bicyclic) bond motifs is 1. The SMILES string of the molecule is Cc1nn(Cc2ccc(-c3ccccc3C(=O)OC(C)(C)C)cc2)c2ccc(C(=O)NC3CCCCCC3)cc12. The smallest absolute Gasteiger partial charge is 0.339 e. The Bertz CT molecular complexity index is 1500. The molecule has 0 aliphatic heterocycles. The van der Waals surface area contributed by atoms with Crippen molar-refractivity contribution in [1.82, 2.24) is 15.1 Å². The summed E-state index contributed by atoms with van der Waals surface area (Å²) in [4.78, 5) is 25.8. The van der Waals surface area contributed by atoms with Crippen LogP contribution in [0.4, 0.5) is 0 Å². The largest absolute Gasteiger partial charge is 0.456 e. The number of hydrogen-bond donors (Lipinski definition) is 1. The van der Waals surface area contributed by atoms with Gasteiger partial charge in [-0.2, -0.15) is 5.10 Å². The quantitative estimate of drug-likeness (QED) is 0.205. The topological polar surface area (TPSA) is 73.2 Å².